The maximum atomic E-state index is 12.2. The molecule has 0 aliphatic heterocycles. The van der Waals surface area contributed by atoms with E-state index in [-0.39, 0.29) is 23.1 Å². The van der Waals surface area contributed by atoms with Crippen LogP contribution in [0.4, 0.5) is 0 Å². The molecule has 104 valence electrons. The first-order chi connectivity index (χ1) is 9.50. The van der Waals surface area contributed by atoms with Crippen LogP contribution in [0.2, 0.25) is 0 Å². The van der Waals surface area contributed by atoms with Crippen molar-refractivity contribution in [3.05, 3.63) is 63.8 Å². The van der Waals surface area contributed by atoms with E-state index in [9.17, 15) is 9.59 Å². The molecule has 5 nitrogen and oxygen atoms in total. The van der Waals surface area contributed by atoms with E-state index in [1.54, 1.807) is 31.6 Å². The van der Waals surface area contributed by atoms with Gasteiger partial charge in [-0.1, -0.05) is 6.07 Å². The van der Waals surface area contributed by atoms with E-state index in [1.165, 1.54) is 4.57 Å². The number of nitrogens with zero attached hydrogens (tertiary/aromatic N) is 2. The number of nitrogens with one attached hydrogen (secondary N) is 1. The average Bonchev–Trinajstić information content (AvgIpc) is 2.45. The Balaban J connectivity index is 2.21. The summed E-state index contributed by atoms with van der Waals surface area (Å²) in [6.45, 7) is 3.68. The van der Waals surface area contributed by atoms with Crippen molar-refractivity contribution >= 4 is 5.91 Å². The maximum absolute atomic E-state index is 12.2. The molecule has 2 aromatic heterocycles. The quantitative estimate of drug-likeness (QED) is 0.921. The van der Waals surface area contributed by atoms with Crippen LogP contribution in [-0.4, -0.2) is 15.5 Å². The number of carbonyl (C=O) groups is 1. The minimum atomic E-state index is -0.373. The predicted octanol–water partition coefficient (Wildman–Crippen LogP) is 1.58. The minimum Gasteiger partial charge on any atom is -0.345 e. The van der Waals surface area contributed by atoms with Gasteiger partial charge < -0.3 is 9.88 Å². The van der Waals surface area contributed by atoms with Crippen LogP contribution in [0.25, 0.3) is 0 Å². The Morgan fingerprint density at radius 2 is 2.10 bits per heavy atom. The van der Waals surface area contributed by atoms with Crippen molar-refractivity contribution in [3.63, 3.8) is 0 Å². The fraction of sp³-hybridized carbons (Fsp3) is 0.267. The lowest BCUT2D eigenvalue weighted by atomic mass is 10.1. The molecule has 1 N–H and O–H groups in total. The third-order valence-corrected chi connectivity index (χ3v) is 3.33. The molecule has 0 unspecified atom stereocenters. The van der Waals surface area contributed by atoms with Gasteiger partial charge in [-0.15, -0.1) is 0 Å². The molecule has 20 heavy (non-hydrogen) atoms. The molecule has 0 aliphatic carbocycles. The highest BCUT2D eigenvalue weighted by Gasteiger charge is 2.15. The Morgan fingerprint density at radius 3 is 2.75 bits per heavy atom. The Hall–Kier alpha value is -2.43. The van der Waals surface area contributed by atoms with Gasteiger partial charge in [-0.05, 0) is 37.6 Å². The SMILES string of the molecule is Cc1ccc(C(=O)N[C@@H](C)c2cccnc2)c(=O)n1C. The standard InChI is InChI=1S/C15H17N3O2/c1-10-6-7-13(15(20)18(10)3)14(19)17-11(2)12-5-4-8-16-9-12/h4-9,11H,1-3H3,(H,17,19)/t11-/m0/s1. The third-order valence-electron chi connectivity index (χ3n) is 3.33. The highest BCUT2D eigenvalue weighted by Crippen LogP contribution is 2.10. The maximum Gasteiger partial charge on any atom is 0.263 e. The lowest BCUT2D eigenvalue weighted by Crippen LogP contribution is -2.34. The lowest BCUT2D eigenvalue weighted by molar-refractivity contribution is 0.0937. The van der Waals surface area contributed by atoms with Gasteiger partial charge in [0.15, 0.2) is 0 Å². The van der Waals surface area contributed by atoms with Gasteiger partial charge in [-0.3, -0.25) is 14.6 Å². The molecule has 0 fully saturated rings. The number of pyridine rings is 2. The van der Waals surface area contributed by atoms with E-state index in [1.807, 2.05) is 26.0 Å². The van der Waals surface area contributed by atoms with Crippen LogP contribution in [0.15, 0.2) is 41.5 Å². The highest BCUT2D eigenvalue weighted by molar-refractivity contribution is 5.94. The third kappa shape index (κ3) is 2.77. The van der Waals surface area contributed by atoms with Gasteiger partial charge in [-0.25, -0.2) is 0 Å². The Bertz CT molecular complexity index is 677. The van der Waals surface area contributed by atoms with Gasteiger partial charge in [0.05, 0.1) is 6.04 Å². The van der Waals surface area contributed by atoms with Gasteiger partial charge in [0.25, 0.3) is 11.5 Å². The largest absolute Gasteiger partial charge is 0.345 e. The summed E-state index contributed by atoms with van der Waals surface area (Å²) in [5.41, 5.74) is 1.56. The summed E-state index contributed by atoms with van der Waals surface area (Å²) < 4.78 is 1.46. The molecular formula is C15H17N3O2. The van der Waals surface area contributed by atoms with Crippen LogP contribution < -0.4 is 10.9 Å². The highest BCUT2D eigenvalue weighted by atomic mass is 16.2. The molecule has 2 rings (SSSR count). The van der Waals surface area contributed by atoms with E-state index in [2.05, 4.69) is 10.3 Å². The van der Waals surface area contributed by atoms with Gasteiger partial charge in [-0.2, -0.15) is 0 Å². The molecule has 0 bridgehead atoms. The van der Waals surface area contributed by atoms with Gasteiger partial charge in [0, 0.05) is 25.1 Å². The zero-order valence-electron chi connectivity index (χ0n) is 11.8. The summed E-state index contributed by atoms with van der Waals surface area (Å²) in [5.74, 6) is -0.373. The van der Waals surface area contributed by atoms with Crippen molar-refractivity contribution < 1.29 is 4.79 Å². The van der Waals surface area contributed by atoms with Crippen molar-refractivity contribution in [1.29, 1.82) is 0 Å². The van der Waals surface area contributed by atoms with Crippen LogP contribution in [-0.2, 0) is 7.05 Å². The van der Waals surface area contributed by atoms with E-state index in [4.69, 9.17) is 0 Å². The van der Waals surface area contributed by atoms with E-state index in [0.717, 1.165) is 11.3 Å². The molecular weight excluding hydrogens is 254 g/mol. The topological polar surface area (TPSA) is 64.0 Å². The molecule has 2 aromatic rings. The van der Waals surface area contributed by atoms with Gasteiger partial charge in [0.1, 0.15) is 5.56 Å². The molecule has 0 saturated heterocycles. The zero-order chi connectivity index (χ0) is 14.7. The van der Waals surface area contributed by atoms with Gasteiger partial charge >= 0.3 is 0 Å². The Labute approximate surface area is 117 Å². The second-order valence-electron chi connectivity index (χ2n) is 4.73. The fourth-order valence-electron chi connectivity index (χ4n) is 1.89. The van der Waals surface area contributed by atoms with Gasteiger partial charge in [0.2, 0.25) is 0 Å². The van der Waals surface area contributed by atoms with Crippen LogP contribution in [0, 0.1) is 6.92 Å². The molecule has 0 saturated carbocycles. The van der Waals surface area contributed by atoms with Crippen molar-refractivity contribution in [2.24, 2.45) is 7.05 Å². The number of hydrogen-bond donors (Lipinski definition) is 1. The number of amides is 1. The Kier molecular flexibility index (Phi) is 3.98. The zero-order valence-corrected chi connectivity index (χ0v) is 11.8. The first kappa shape index (κ1) is 14.0. The molecule has 5 heteroatoms. The second-order valence-corrected chi connectivity index (χ2v) is 4.73. The summed E-state index contributed by atoms with van der Waals surface area (Å²) in [4.78, 5) is 28.2. The average molecular weight is 271 g/mol. The fourth-order valence-corrected chi connectivity index (χ4v) is 1.89. The van der Waals surface area contributed by atoms with Crippen molar-refractivity contribution in [1.82, 2.24) is 14.9 Å². The molecule has 0 aliphatic rings. The first-order valence-corrected chi connectivity index (χ1v) is 6.38. The molecule has 1 atom stereocenters. The molecule has 1 amide bonds. The van der Waals surface area contributed by atoms with E-state index >= 15 is 0 Å². The van der Waals surface area contributed by atoms with Crippen LogP contribution in [0.5, 0.6) is 0 Å². The van der Waals surface area contributed by atoms with E-state index < -0.39 is 0 Å². The Morgan fingerprint density at radius 1 is 1.35 bits per heavy atom. The predicted molar refractivity (Wildman–Crippen MR) is 76.5 cm³/mol. The monoisotopic (exact) mass is 271 g/mol. The van der Waals surface area contributed by atoms with Crippen molar-refractivity contribution in [2.75, 3.05) is 0 Å². The molecule has 0 spiro atoms. The number of carbonyl (C=O) groups excluding carboxylic acids is 1. The van der Waals surface area contributed by atoms with E-state index in [0.29, 0.717) is 0 Å². The summed E-state index contributed by atoms with van der Waals surface area (Å²) in [6.07, 6.45) is 3.37. The number of rotatable bonds is 3. The summed E-state index contributed by atoms with van der Waals surface area (Å²) >= 11 is 0. The van der Waals surface area contributed by atoms with Crippen molar-refractivity contribution in [2.45, 2.75) is 19.9 Å². The number of hydrogen-bond acceptors (Lipinski definition) is 3. The summed E-state index contributed by atoms with van der Waals surface area (Å²) in [6, 6.07) is 6.80. The lowest BCUT2D eigenvalue weighted by Gasteiger charge is -2.14. The molecule has 2 heterocycles. The molecule has 0 aromatic carbocycles. The minimum absolute atomic E-state index is 0.147. The summed E-state index contributed by atoms with van der Waals surface area (Å²) in [7, 11) is 1.65. The second kappa shape index (κ2) is 5.69. The number of aryl methyl sites for hydroxylation is 1. The van der Waals surface area contributed by atoms with Crippen molar-refractivity contribution in [3.8, 4) is 0 Å². The normalized spacial score (nSPS) is 11.9. The van der Waals surface area contributed by atoms with Crippen LogP contribution >= 0.6 is 0 Å². The molecule has 0 radical (unpaired) electrons. The summed E-state index contributed by atoms with van der Waals surface area (Å²) in [5, 5.41) is 2.81. The smallest absolute Gasteiger partial charge is 0.263 e. The first-order valence-electron chi connectivity index (χ1n) is 6.38. The van der Waals surface area contributed by atoms with Crippen LogP contribution in [0.1, 0.15) is 34.6 Å². The van der Waals surface area contributed by atoms with Crippen LogP contribution in [0.3, 0.4) is 0 Å². The number of aromatic nitrogens is 2.